The molecule has 0 radical (unpaired) electrons. The summed E-state index contributed by atoms with van der Waals surface area (Å²) >= 11 is 0. The first-order valence-electron chi connectivity index (χ1n) is 7.62. The van der Waals surface area contributed by atoms with Gasteiger partial charge in [-0.25, -0.2) is 4.98 Å². The summed E-state index contributed by atoms with van der Waals surface area (Å²) < 4.78 is 1.87. The van der Waals surface area contributed by atoms with Crippen molar-refractivity contribution in [2.75, 3.05) is 0 Å². The first-order chi connectivity index (χ1) is 11.1. The van der Waals surface area contributed by atoms with Gasteiger partial charge >= 0.3 is 0 Å². The molecule has 3 rings (SSSR count). The smallest absolute Gasteiger partial charge is 0.268 e. The molecule has 0 aliphatic carbocycles. The molecule has 2 aromatic heterocycles. The van der Waals surface area contributed by atoms with Crippen LogP contribution in [0.4, 0.5) is 0 Å². The number of aromatic amines is 1. The van der Waals surface area contributed by atoms with E-state index >= 15 is 0 Å². The minimum absolute atomic E-state index is 0.123. The van der Waals surface area contributed by atoms with E-state index in [2.05, 4.69) is 27.4 Å². The maximum atomic E-state index is 12.3. The molecule has 23 heavy (non-hydrogen) atoms. The number of carbonyl (C=O) groups is 1. The predicted molar refractivity (Wildman–Crippen MR) is 89.1 cm³/mol. The number of nitrogens with one attached hydrogen (secondary N) is 2. The molecule has 2 N–H and O–H groups in total. The van der Waals surface area contributed by atoms with E-state index in [1.807, 2.05) is 55.2 Å². The van der Waals surface area contributed by atoms with E-state index in [9.17, 15) is 4.79 Å². The quantitative estimate of drug-likeness (QED) is 0.761. The average Bonchev–Trinajstić information content (AvgIpc) is 3.17. The van der Waals surface area contributed by atoms with Crippen molar-refractivity contribution in [3.05, 3.63) is 77.6 Å². The van der Waals surface area contributed by atoms with Gasteiger partial charge in [0.1, 0.15) is 5.69 Å². The van der Waals surface area contributed by atoms with Crippen molar-refractivity contribution in [2.24, 2.45) is 7.05 Å². The normalized spacial score (nSPS) is 12.1. The van der Waals surface area contributed by atoms with Crippen LogP contribution in [-0.4, -0.2) is 20.4 Å². The van der Waals surface area contributed by atoms with Crippen LogP contribution in [0.25, 0.3) is 0 Å². The summed E-state index contributed by atoms with van der Waals surface area (Å²) in [7, 11) is 1.91. The number of aryl methyl sites for hydroxylation is 1. The minimum atomic E-state index is -0.135. The highest BCUT2D eigenvalue weighted by molar-refractivity contribution is 5.92. The number of nitrogens with zero attached hydrogens (tertiary/aromatic N) is 2. The van der Waals surface area contributed by atoms with E-state index in [0.717, 1.165) is 17.7 Å². The molecule has 0 aliphatic heterocycles. The Bertz CT molecular complexity index is 788. The zero-order valence-electron chi connectivity index (χ0n) is 13.3. The Balaban J connectivity index is 1.64. The highest BCUT2D eigenvalue weighted by Crippen LogP contribution is 2.13. The third kappa shape index (κ3) is 3.69. The van der Waals surface area contributed by atoms with E-state index < -0.39 is 0 Å². The second kappa shape index (κ2) is 6.52. The minimum Gasteiger partial charge on any atom is -0.357 e. The van der Waals surface area contributed by atoms with Crippen molar-refractivity contribution in [3.8, 4) is 0 Å². The molecule has 0 spiro atoms. The molecule has 0 aliphatic rings. The van der Waals surface area contributed by atoms with Crippen LogP contribution in [0.2, 0.25) is 0 Å². The lowest BCUT2D eigenvalue weighted by Gasteiger charge is -2.10. The molecule has 0 saturated heterocycles. The average molecular weight is 308 g/mol. The molecule has 118 valence electrons. The molecule has 3 aromatic rings. The zero-order chi connectivity index (χ0) is 16.2. The second-order valence-electron chi connectivity index (χ2n) is 5.74. The molecule has 1 unspecified atom stereocenters. The van der Waals surface area contributed by atoms with Crippen LogP contribution in [0.15, 0.2) is 55.1 Å². The number of hydrogen-bond donors (Lipinski definition) is 2. The van der Waals surface area contributed by atoms with Crippen molar-refractivity contribution in [2.45, 2.75) is 19.4 Å². The van der Waals surface area contributed by atoms with Gasteiger partial charge in [0.25, 0.3) is 5.91 Å². The van der Waals surface area contributed by atoms with Gasteiger partial charge in [-0.3, -0.25) is 4.79 Å². The van der Waals surface area contributed by atoms with Crippen molar-refractivity contribution in [1.29, 1.82) is 0 Å². The molecule has 0 fully saturated rings. The number of carbonyl (C=O) groups excluding carboxylic acids is 1. The van der Waals surface area contributed by atoms with Gasteiger partial charge < -0.3 is 14.9 Å². The second-order valence-corrected chi connectivity index (χ2v) is 5.74. The van der Waals surface area contributed by atoms with Crippen LogP contribution in [0, 0.1) is 0 Å². The summed E-state index contributed by atoms with van der Waals surface area (Å²) in [6, 6.07) is 12.0. The molecule has 1 atom stereocenters. The van der Waals surface area contributed by atoms with E-state index in [1.54, 1.807) is 6.33 Å². The van der Waals surface area contributed by atoms with Crippen LogP contribution >= 0.6 is 0 Å². The van der Waals surface area contributed by atoms with Crippen molar-refractivity contribution >= 4 is 5.91 Å². The van der Waals surface area contributed by atoms with Gasteiger partial charge in [-0.2, -0.15) is 0 Å². The van der Waals surface area contributed by atoms with Crippen molar-refractivity contribution in [1.82, 2.24) is 19.9 Å². The topological polar surface area (TPSA) is 62.7 Å². The van der Waals surface area contributed by atoms with Crippen LogP contribution in [0.1, 0.15) is 40.3 Å². The van der Waals surface area contributed by atoms with Crippen LogP contribution in [-0.2, 0) is 13.5 Å². The Hall–Kier alpha value is -2.82. The highest BCUT2D eigenvalue weighted by Gasteiger charge is 2.14. The standard InChI is InChI=1S/C18H20N4O/c1-13(17-11-22(2)12-20-17)21-18(23)16-9-15(10-19-16)8-14-6-4-3-5-7-14/h3-7,9-13,19H,8H2,1-2H3,(H,21,23). The Labute approximate surface area is 135 Å². The fraction of sp³-hybridized carbons (Fsp3) is 0.222. The molecule has 5 nitrogen and oxygen atoms in total. The van der Waals surface area contributed by atoms with E-state index in [-0.39, 0.29) is 11.9 Å². The first-order valence-corrected chi connectivity index (χ1v) is 7.62. The number of amides is 1. The fourth-order valence-electron chi connectivity index (χ4n) is 2.51. The number of H-pyrrole nitrogens is 1. The molecule has 5 heteroatoms. The molecular weight excluding hydrogens is 288 g/mol. The van der Waals surface area contributed by atoms with Crippen LogP contribution in [0.3, 0.4) is 0 Å². The lowest BCUT2D eigenvalue weighted by Crippen LogP contribution is -2.27. The molecule has 1 aromatic carbocycles. The predicted octanol–water partition coefficient (Wildman–Crippen LogP) is 2.83. The lowest BCUT2D eigenvalue weighted by atomic mass is 10.1. The van der Waals surface area contributed by atoms with E-state index in [4.69, 9.17) is 0 Å². The largest absolute Gasteiger partial charge is 0.357 e. The fourth-order valence-corrected chi connectivity index (χ4v) is 2.51. The van der Waals surface area contributed by atoms with Crippen molar-refractivity contribution in [3.63, 3.8) is 0 Å². The number of aromatic nitrogens is 3. The SMILES string of the molecule is CC(NC(=O)c1cc(Cc2ccccc2)c[nH]1)c1cn(C)cn1. The summed E-state index contributed by atoms with van der Waals surface area (Å²) in [5, 5.41) is 2.96. The summed E-state index contributed by atoms with van der Waals surface area (Å²) in [5.74, 6) is -0.123. The number of hydrogen-bond acceptors (Lipinski definition) is 2. The third-order valence-electron chi connectivity index (χ3n) is 3.75. The van der Waals surface area contributed by atoms with Gasteiger partial charge in [-0.1, -0.05) is 30.3 Å². The zero-order valence-corrected chi connectivity index (χ0v) is 13.3. The van der Waals surface area contributed by atoms with Crippen LogP contribution < -0.4 is 5.32 Å². The van der Waals surface area contributed by atoms with Gasteiger partial charge in [0.2, 0.25) is 0 Å². The lowest BCUT2D eigenvalue weighted by molar-refractivity contribution is 0.0934. The Morgan fingerprint density at radius 3 is 2.78 bits per heavy atom. The van der Waals surface area contributed by atoms with E-state index in [1.165, 1.54) is 5.56 Å². The van der Waals surface area contributed by atoms with Gasteiger partial charge in [0, 0.05) is 19.4 Å². The van der Waals surface area contributed by atoms with E-state index in [0.29, 0.717) is 5.69 Å². The van der Waals surface area contributed by atoms with Gasteiger partial charge in [0.15, 0.2) is 0 Å². The van der Waals surface area contributed by atoms with Gasteiger partial charge in [-0.05, 0) is 30.5 Å². The Morgan fingerprint density at radius 1 is 1.30 bits per heavy atom. The maximum Gasteiger partial charge on any atom is 0.268 e. The van der Waals surface area contributed by atoms with Gasteiger partial charge in [-0.15, -0.1) is 0 Å². The molecule has 0 saturated carbocycles. The molecule has 0 bridgehead atoms. The summed E-state index contributed by atoms with van der Waals surface area (Å²) in [5.41, 5.74) is 3.72. The third-order valence-corrected chi connectivity index (χ3v) is 3.75. The number of imidazole rings is 1. The van der Waals surface area contributed by atoms with Crippen LogP contribution in [0.5, 0.6) is 0 Å². The monoisotopic (exact) mass is 308 g/mol. The summed E-state index contributed by atoms with van der Waals surface area (Å²) in [4.78, 5) is 19.6. The first kappa shape index (κ1) is 15.1. The molecule has 1 amide bonds. The summed E-state index contributed by atoms with van der Waals surface area (Å²) in [6.07, 6.45) is 6.32. The number of benzene rings is 1. The maximum absolute atomic E-state index is 12.3. The summed E-state index contributed by atoms with van der Waals surface area (Å²) in [6.45, 7) is 1.92. The molecule has 2 heterocycles. The Morgan fingerprint density at radius 2 is 2.09 bits per heavy atom. The Kier molecular flexibility index (Phi) is 4.28. The highest BCUT2D eigenvalue weighted by atomic mass is 16.1. The number of rotatable bonds is 5. The van der Waals surface area contributed by atoms with Gasteiger partial charge in [0.05, 0.1) is 18.1 Å². The molecular formula is C18H20N4O. The van der Waals surface area contributed by atoms with Crippen molar-refractivity contribution < 1.29 is 4.79 Å².